The number of hydrogen-bond donors (Lipinski definition) is 0. The van der Waals surface area contributed by atoms with E-state index >= 15 is 0 Å². The zero-order chi connectivity index (χ0) is 20.3. The van der Waals surface area contributed by atoms with Crippen LogP contribution in [0.4, 0.5) is 11.5 Å². The zero-order valence-electron chi connectivity index (χ0n) is 16.4. The molecule has 1 aromatic heterocycles. The molecule has 6 nitrogen and oxygen atoms in total. The number of anilines is 2. The number of carbonyl (C=O) groups is 2. The average molecular weight is 401 g/mol. The maximum Gasteiger partial charge on any atom is 0.255 e. The molecule has 0 saturated carbocycles. The zero-order valence-corrected chi connectivity index (χ0v) is 17.2. The minimum absolute atomic E-state index is 0.114. The fraction of sp³-hybridized carbons (Fsp3) is 0.381. The van der Waals surface area contributed by atoms with Crippen molar-refractivity contribution in [3.05, 3.63) is 53.2 Å². The molecular formula is C21H25ClN4O2. The summed E-state index contributed by atoms with van der Waals surface area (Å²) in [5.74, 6) is 0.515. The van der Waals surface area contributed by atoms with E-state index in [-0.39, 0.29) is 11.8 Å². The fourth-order valence-electron chi connectivity index (χ4n) is 3.53. The highest BCUT2D eigenvalue weighted by Crippen LogP contribution is 2.30. The Kier molecular flexibility index (Phi) is 6.19. The number of aromatic nitrogens is 1. The Morgan fingerprint density at radius 2 is 1.93 bits per heavy atom. The van der Waals surface area contributed by atoms with Crippen LogP contribution in [0.1, 0.15) is 30.6 Å². The molecule has 28 heavy (non-hydrogen) atoms. The van der Waals surface area contributed by atoms with Crippen LogP contribution < -0.4 is 9.80 Å². The van der Waals surface area contributed by atoms with Crippen molar-refractivity contribution in [1.82, 2.24) is 9.88 Å². The highest BCUT2D eigenvalue weighted by molar-refractivity contribution is 6.34. The van der Waals surface area contributed by atoms with E-state index in [1.165, 1.54) is 4.90 Å². The first-order valence-electron chi connectivity index (χ1n) is 9.52. The van der Waals surface area contributed by atoms with Crippen molar-refractivity contribution in [1.29, 1.82) is 0 Å². The van der Waals surface area contributed by atoms with Crippen LogP contribution in [0.2, 0.25) is 5.02 Å². The number of hydrogen-bond acceptors (Lipinski definition) is 4. The predicted octanol–water partition coefficient (Wildman–Crippen LogP) is 3.46. The molecule has 1 aliphatic rings. The number of pyridine rings is 1. The lowest BCUT2D eigenvalue weighted by molar-refractivity contribution is -0.120. The van der Waals surface area contributed by atoms with Gasteiger partial charge in [0.05, 0.1) is 16.3 Å². The van der Waals surface area contributed by atoms with Gasteiger partial charge in [-0.25, -0.2) is 4.98 Å². The first kappa shape index (κ1) is 20.1. The summed E-state index contributed by atoms with van der Waals surface area (Å²) >= 11 is 6.23. The largest absolute Gasteiger partial charge is 0.357 e. The van der Waals surface area contributed by atoms with E-state index < -0.39 is 6.04 Å². The summed E-state index contributed by atoms with van der Waals surface area (Å²) in [6, 6.07) is 10.4. The van der Waals surface area contributed by atoms with Gasteiger partial charge < -0.3 is 14.7 Å². The minimum atomic E-state index is -0.508. The van der Waals surface area contributed by atoms with E-state index in [0.717, 1.165) is 18.9 Å². The van der Waals surface area contributed by atoms with Gasteiger partial charge >= 0.3 is 0 Å². The SMILES string of the molecule is CCN(CC)c1ccc(C(=O)N(C)C2CCN(c3ccccc3Cl)C2=O)cn1. The molecule has 1 fully saturated rings. The Morgan fingerprint density at radius 1 is 1.21 bits per heavy atom. The molecule has 2 aromatic rings. The van der Waals surface area contributed by atoms with Crippen molar-refractivity contribution < 1.29 is 9.59 Å². The van der Waals surface area contributed by atoms with Gasteiger partial charge in [-0.15, -0.1) is 0 Å². The molecule has 1 aliphatic heterocycles. The van der Waals surface area contributed by atoms with E-state index in [1.54, 1.807) is 30.3 Å². The molecule has 3 rings (SSSR count). The topological polar surface area (TPSA) is 56.8 Å². The Morgan fingerprint density at radius 3 is 2.54 bits per heavy atom. The molecule has 1 atom stereocenters. The molecule has 1 unspecified atom stereocenters. The molecule has 0 aliphatic carbocycles. The smallest absolute Gasteiger partial charge is 0.255 e. The highest BCUT2D eigenvalue weighted by atomic mass is 35.5. The Hall–Kier alpha value is -2.60. The monoisotopic (exact) mass is 400 g/mol. The number of carbonyl (C=O) groups excluding carboxylic acids is 2. The van der Waals surface area contributed by atoms with Crippen molar-refractivity contribution in [2.24, 2.45) is 0 Å². The second-order valence-corrected chi connectivity index (χ2v) is 7.15. The quantitative estimate of drug-likeness (QED) is 0.745. The van der Waals surface area contributed by atoms with Gasteiger partial charge in [0.1, 0.15) is 11.9 Å². The first-order valence-corrected chi connectivity index (χ1v) is 9.89. The van der Waals surface area contributed by atoms with Crippen molar-refractivity contribution in [3.63, 3.8) is 0 Å². The van der Waals surface area contributed by atoms with Gasteiger partial charge in [0.15, 0.2) is 0 Å². The van der Waals surface area contributed by atoms with Gasteiger partial charge in [-0.1, -0.05) is 23.7 Å². The Labute approximate surface area is 170 Å². The molecule has 1 aromatic carbocycles. The molecule has 148 valence electrons. The lowest BCUT2D eigenvalue weighted by Gasteiger charge is -2.25. The molecule has 1 saturated heterocycles. The molecule has 2 amide bonds. The van der Waals surface area contributed by atoms with E-state index in [0.29, 0.717) is 29.2 Å². The third kappa shape index (κ3) is 3.83. The molecular weight excluding hydrogens is 376 g/mol. The van der Waals surface area contributed by atoms with Crippen LogP contribution in [-0.4, -0.2) is 54.4 Å². The third-order valence-corrected chi connectivity index (χ3v) is 5.51. The van der Waals surface area contributed by atoms with E-state index in [2.05, 4.69) is 23.7 Å². The normalized spacial score (nSPS) is 16.4. The van der Waals surface area contributed by atoms with Gasteiger partial charge in [-0.3, -0.25) is 9.59 Å². The summed E-state index contributed by atoms with van der Waals surface area (Å²) < 4.78 is 0. The van der Waals surface area contributed by atoms with E-state index in [4.69, 9.17) is 11.6 Å². The van der Waals surface area contributed by atoms with Gasteiger partial charge in [0, 0.05) is 32.9 Å². The molecule has 0 N–H and O–H groups in total. The fourth-order valence-corrected chi connectivity index (χ4v) is 3.76. The van der Waals surface area contributed by atoms with Crippen LogP contribution in [0.25, 0.3) is 0 Å². The van der Waals surface area contributed by atoms with Crippen molar-refractivity contribution >= 4 is 34.9 Å². The number of amides is 2. The molecule has 2 heterocycles. The van der Waals surface area contributed by atoms with E-state index in [1.807, 2.05) is 24.3 Å². The highest BCUT2D eigenvalue weighted by Gasteiger charge is 2.38. The van der Waals surface area contributed by atoms with Gasteiger partial charge in [0.25, 0.3) is 5.91 Å². The maximum atomic E-state index is 12.9. The van der Waals surface area contributed by atoms with Crippen LogP contribution in [0.15, 0.2) is 42.6 Å². The summed E-state index contributed by atoms with van der Waals surface area (Å²) in [5.41, 5.74) is 1.16. The van der Waals surface area contributed by atoms with Crippen LogP contribution in [0, 0.1) is 0 Å². The van der Waals surface area contributed by atoms with E-state index in [9.17, 15) is 9.59 Å². The third-order valence-electron chi connectivity index (χ3n) is 5.19. The summed E-state index contributed by atoms with van der Waals surface area (Å²) in [7, 11) is 1.67. The summed E-state index contributed by atoms with van der Waals surface area (Å²) in [6.45, 7) is 6.36. The predicted molar refractivity (Wildman–Crippen MR) is 112 cm³/mol. The van der Waals surface area contributed by atoms with Crippen LogP contribution >= 0.6 is 11.6 Å². The standard InChI is InChI=1S/C21H25ClN4O2/c1-4-25(5-2)19-11-10-15(14-23-19)20(27)24(3)18-12-13-26(21(18)28)17-9-7-6-8-16(17)22/h6-11,14,18H,4-5,12-13H2,1-3H3. The van der Waals surface area contributed by atoms with Gasteiger partial charge in [-0.2, -0.15) is 0 Å². The molecule has 0 radical (unpaired) electrons. The lowest BCUT2D eigenvalue weighted by Crippen LogP contribution is -2.43. The lowest BCUT2D eigenvalue weighted by atomic mass is 10.1. The number of likely N-dealkylation sites (N-methyl/N-ethyl adjacent to an activating group) is 1. The Bertz CT molecular complexity index is 852. The molecule has 0 bridgehead atoms. The second kappa shape index (κ2) is 8.61. The molecule has 7 heteroatoms. The summed E-state index contributed by atoms with van der Waals surface area (Å²) in [4.78, 5) is 35.5. The summed E-state index contributed by atoms with van der Waals surface area (Å²) in [5, 5.41) is 0.529. The number of nitrogens with zero attached hydrogens (tertiary/aromatic N) is 4. The number of para-hydroxylation sites is 1. The number of benzene rings is 1. The van der Waals surface area contributed by atoms with Crippen LogP contribution in [-0.2, 0) is 4.79 Å². The second-order valence-electron chi connectivity index (χ2n) is 6.74. The van der Waals surface area contributed by atoms with Gasteiger partial charge in [0.2, 0.25) is 5.91 Å². The number of halogens is 1. The van der Waals surface area contributed by atoms with Crippen LogP contribution in [0.3, 0.4) is 0 Å². The van der Waals surface area contributed by atoms with Crippen molar-refractivity contribution in [2.45, 2.75) is 26.3 Å². The maximum absolute atomic E-state index is 12.9. The number of rotatable bonds is 6. The molecule has 0 spiro atoms. The van der Waals surface area contributed by atoms with Crippen molar-refractivity contribution in [2.75, 3.05) is 36.5 Å². The summed E-state index contributed by atoms with van der Waals surface area (Å²) in [6.07, 6.45) is 2.15. The average Bonchev–Trinajstić information content (AvgIpc) is 3.10. The van der Waals surface area contributed by atoms with Gasteiger partial charge in [-0.05, 0) is 44.5 Å². The van der Waals surface area contributed by atoms with Crippen molar-refractivity contribution in [3.8, 4) is 0 Å². The minimum Gasteiger partial charge on any atom is -0.357 e. The Balaban J connectivity index is 1.73. The van der Waals surface area contributed by atoms with Crippen LogP contribution in [0.5, 0.6) is 0 Å². The first-order chi connectivity index (χ1) is 13.5.